The molecule has 2 heterocycles. The van der Waals surface area contributed by atoms with Gasteiger partial charge in [-0.05, 0) is 116 Å². The number of aromatic nitrogens is 2. The van der Waals surface area contributed by atoms with Gasteiger partial charge in [0.05, 0.1) is 22.1 Å². The first-order valence-electron chi connectivity index (χ1n) is 18.7. The molecule has 0 bridgehead atoms. The molecule has 2 nitrogen and oxygen atoms in total. The third-order valence-corrected chi connectivity index (χ3v) is 11.6. The second-order valence-corrected chi connectivity index (χ2v) is 14.6. The standard InChI is InChI=1S/C52H32N2/c1-3-9-33(10-4-1)41-29-39-19-17-37-13-7-15-45-49(37)51(39)47(31-41)53(45)43-25-21-35(22-26-43)36-23-27-44(28-24-36)54-46-16-8-14-38-18-20-40-30-42(34-11-5-2-6-12-34)32-48(54)52(40)50(38)46/h1-32H. The molecule has 250 valence electrons. The minimum absolute atomic E-state index is 1.16. The van der Waals surface area contributed by atoms with Crippen LogP contribution in [-0.4, -0.2) is 9.13 Å². The molecule has 0 amide bonds. The lowest BCUT2D eigenvalue weighted by Gasteiger charge is -2.12. The van der Waals surface area contributed by atoms with Crippen LogP contribution in [0.1, 0.15) is 0 Å². The summed E-state index contributed by atoms with van der Waals surface area (Å²) in [6.07, 6.45) is 0. The first kappa shape index (κ1) is 29.4. The molecule has 0 aliphatic rings. The van der Waals surface area contributed by atoms with E-state index < -0.39 is 0 Å². The summed E-state index contributed by atoms with van der Waals surface area (Å²) in [6.45, 7) is 0. The van der Waals surface area contributed by atoms with Crippen LogP contribution in [0.3, 0.4) is 0 Å². The Labute approximate surface area is 312 Å². The van der Waals surface area contributed by atoms with Crippen LogP contribution in [-0.2, 0) is 0 Å². The van der Waals surface area contributed by atoms with Crippen molar-refractivity contribution in [1.82, 2.24) is 9.13 Å². The zero-order valence-electron chi connectivity index (χ0n) is 29.4. The summed E-state index contributed by atoms with van der Waals surface area (Å²) in [4.78, 5) is 0. The quantitative estimate of drug-likeness (QED) is 0.160. The molecule has 2 heteroatoms. The topological polar surface area (TPSA) is 9.86 Å². The van der Waals surface area contributed by atoms with Crippen LogP contribution in [0.4, 0.5) is 0 Å². The van der Waals surface area contributed by atoms with Gasteiger partial charge in [-0.25, -0.2) is 0 Å². The molecule has 0 saturated heterocycles. The number of benzene rings is 10. The van der Waals surface area contributed by atoms with E-state index >= 15 is 0 Å². The highest BCUT2D eigenvalue weighted by molar-refractivity contribution is 6.26. The molecule has 2 aromatic heterocycles. The fourth-order valence-corrected chi connectivity index (χ4v) is 9.14. The number of hydrogen-bond acceptors (Lipinski definition) is 0. The van der Waals surface area contributed by atoms with Gasteiger partial charge in [0.1, 0.15) is 0 Å². The zero-order chi connectivity index (χ0) is 35.3. The summed E-state index contributed by atoms with van der Waals surface area (Å²) in [6, 6.07) is 71.4. The van der Waals surface area contributed by atoms with E-state index in [4.69, 9.17) is 0 Å². The number of nitrogens with zero attached hydrogens (tertiary/aromatic N) is 2. The van der Waals surface area contributed by atoms with E-state index in [1.807, 2.05) is 0 Å². The van der Waals surface area contributed by atoms with Gasteiger partial charge in [-0.15, -0.1) is 0 Å². The van der Waals surface area contributed by atoms with Gasteiger partial charge in [0.2, 0.25) is 0 Å². The Morgan fingerprint density at radius 2 is 0.593 bits per heavy atom. The Bertz CT molecular complexity index is 3100. The maximum Gasteiger partial charge on any atom is 0.0553 e. The molecule has 10 aromatic carbocycles. The molecule has 12 rings (SSSR count). The first-order chi connectivity index (χ1) is 26.8. The predicted octanol–water partition coefficient (Wildman–Crippen LogP) is 14.1. The van der Waals surface area contributed by atoms with Crippen molar-refractivity contribution in [3.8, 4) is 44.8 Å². The van der Waals surface area contributed by atoms with E-state index in [1.165, 1.54) is 98.5 Å². The summed E-state index contributed by atoms with van der Waals surface area (Å²) in [5.74, 6) is 0. The molecule has 0 spiro atoms. The van der Waals surface area contributed by atoms with Gasteiger partial charge in [0.15, 0.2) is 0 Å². The van der Waals surface area contributed by atoms with E-state index in [2.05, 4.69) is 203 Å². The van der Waals surface area contributed by atoms with Crippen LogP contribution in [0.15, 0.2) is 194 Å². The van der Waals surface area contributed by atoms with Crippen molar-refractivity contribution in [3.05, 3.63) is 194 Å². The third-order valence-electron chi connectivity index (χ3n) is 11.6. The van der Waals surface area contributed by atoms with E-state index in [0.717, 1.165) is 11.4 Å². The fourth-order valence-electron chi connectivity index (χ4n) is 9.14. The molecule has 12 aromatic rings. The summed E-state index contributed by atoms with van der Waals surface area (Å²) in [7, 11) is 0. The van der Waals surface area contributed by atoms with Crippen molar-refractivity contribution in [3.63, 3.8) is 0 Å². The Hall–Kier alpha value is -7.16. The number of hydrogen-bond donors (Lipinski definition) is 0. The number of rotatable bonds is 5. The van der Waals surface area contributed by atoms with E-state index in [9.17, 15) is 0 Å². The van der Waals surface area contributed by atoms with Crippen molar-refractivity contribution in [2.45, 2.75) is 0 Å². The molecule has 0 saturated carbocycles. The van der Waals surface area contributed by atoms with Gasteiger partial charge in [-0.2, -0.15) is 0 Å². The minimum Gasteiger partial charge on any atom is -0.309 e. The molecular weight excluding hydrogens is 653 g/mol. The minimum atomic E-state index is 1.16. The zero-order valence-corrected chi connectivity index (χ0v) is 29.4. The molecule has 0 unspecified atom stereocenters. The molecule has 0 radical (unpaired) electrons. The highest BCUT2D eigenvalue weighted by atomic mass is 15.0. The van der Waals surface area contributed by atoms with Crippen molar-refractivity contribution < 1.29 is 0 Å². The average molecular weight is 685 g/mol. The van der Waals surface area contributed by atoms with Crippen molar-refractivity contribution >= 4 is 65.2 Å². The highest BCUT2D eigenvalue weighted by Gasteiger charge is 2.20. The maximum atomic E-state index is 2.44. The third kappa shape index (κ3) is 4.22. The normalized spacial score (nSPS) is 12.1. The van der Waals surface area contributed by atoms with E-state index in [-0.39, 0.29) is 0 Å². The van der Waals surface area contributed by atoms with Gasteiger partial charge < -0.3 is 9.13 Å². The lowest BCUT2D eigenvalue weighted by Crippen LogP contribution is -1.95. The second kappa shape index (κ2) is 11.2. The fraction of sp³-hybridized carbons (Fsp3) is 0. The Balaban J connectivity index is 0.969. The molecule has 0 aliphatic carbocycles. The van der Waals surface area contributed by atoms with Crippen LogP contribution in [0, 0.1) is 0 Å². The molecule has 0 atom stereocenters. The summed E-state index contributed by atoms with van der Waals surface area (Å²) in [5, 5.41) is 10.4. The molecule has 54 heavy (non-hydrogen) atoms. The van der Waals surface area contributed by atoms with Gasteiger partial charge in [0.25, 0.3) is 0 Å². The van der Waals surface area contributed by atoms with Crippen molar-refractivity contribution in [2.24, 2.45) is 0 Å². The van der Waals surface area contributed by atoms with Crippen molar-refractivity contribution in [1.29, 1.82) is 0 Å². The van der Waals surface area contributed by atoms with E-state index in [1.54, 1.807) is 0 Å². The SMILES string of the molecule is c1ccc(-c2cc3ccc4cccc5c4c3c(c2)n5-c2ccc(-c3ccc(-n4c5cccc6ccc7cc(-c8ccccc8)cc4c7c65)cc3)cc2)cc1. The van der Waals surface area contributed by atoms with E-state index in [0.29, 0.717) is 0 Å². The molecular formula is C52H32N2. The van der Waals surface area contributed by atoms with Crippen molar-refractivity contribution in [2.75, 3.05) is 0 Å². The second-order valence-electron chi connectivity index (χ2n) is 14.6. The largest absolute Gasteiger partial charge is 0.309 e. The Morgan fingerprint density at radius 1 is 0.222 bits per heavy atom. The van der Waals surface area contributed by atoms with Crippen LogP contribution in [0.25, 0.3) is 110 Å². The summed E-state index contributed by atoms with van der Waals surface area (Å²) >= 11 is 0. The predicted molar refractivity (Wildman–Crippen MR) is 229 cm³/mol. The average Bonchev–Trinajstić information content (AvgIpc) is 3.77. The van der Waals surface area contributed by atoms with Crippen LogP contribution in [0.5, 0.6) is 0 Å². The van der Waals surface area contributed by atoms with Gasteiger partial charge in [0, 0.05) is 32.9 Å². The Kier molecular flexibility index (Phi) is 6.09. The Morgan fingerprint density at radius 3 is 1.02 bits per heavy atom. The van der Waals surface area contributed by atoms with Crippen LogP contribution >= 0.6 is 0 Å². The maximum absolute atomic E-state index is 2.44. The highest BCUT2D eigenvalue weighted by Crippen LogP contribution is 2.43. The first-order valence-corrected chi connectivity index (χ1v) is 18.7. The smallest absolute Gasteiger partial charge is 0.0553 e. The summed E-state index contributed by atoms with van der Waals surface area (Å²) in [5.41, 5.74) is 14.6. The monoisotopic (exact) mass is 684 g/mol. The molecule has 0 N–H and O–H groups in total. The van der Waals surface area contributed by atoms with Crippen LogP contribution in [0.2, 0.25) is 0 Å². The molecule has 0 aliphatic heterocycles. The van der Waals surface area contributed by atoms with Gasteiger partial charge >= 0.3 is 0 Å². The van der Waals surface area contributed by atoms with Gasteiger partial charge in [-0.3, -0.25) is 0 Å². The lowest BCUT2D eigenvalue weighted by atomic mass is 9.97. The van der Waals surface area contributed by atoms with Gasteiger partial charge in [-0.1, -0.05) is 133 Å². The summed E-state index contributed by atoms with van der Waals surface area (Å²) < 4.78 is 4.89. The van der Waals surface area contributed by atoms with Crippen LogP contribution < -0.4 is 0 Å². The molecule has 0 fully saturated rings. The lowest BCUT2D eigenvalue weighted by molar-refractivity contribution is 1.18.